The van der Waals surface area contributed by atoms with Crippen LogP contribution in [-0.4, -0.2) is 123 Å². The Kier molecular flexibility index (Phi) is 42.9. The van der Waals surface area contributed by atoms with Crippen LogP contribution in [0.1, 0.15) is 51.4 Å². The molecule has 0 rings (SSSR count). The highest BCUT2D eigenvalue weighted by Crippen LogP contribution is 2.22. The van der Waals surface area contributed by atoms with Crippen molar-refractivity contribution >= 4 is 112 Å². The fourth-order valence-corrected chi connectivity index (χ4v) is 3.95. The van der Waals surface area contributed by atoms with E-state index in [1.807, 2.05) is 0 Å². The van der Waals surface area contributed by atoms with E-state index < -0.39 is 41.2 Å². The van der Waals surface area contributed by atoms with Crippen LogP contribution >= 0.6 is 75.8 Å². The first-order valence-electron chi connectivity index (χ1n) is 16.3. The minimum absolute atomic E-state index is 0.0670. The number of rotatable bonds is 29. The van der Waals surface area contributed by atoms with Gasteiger partial charge in [-0.2, -0.15) is 75.8 Å². The molecule has 0 radical (unpaired) electrons. The van der Waals surface area contributed by atoms with Gasteiger partial charge in [-0.3, -0.25) is 28.8 Å². The first-order chi connectivity index (χ1) is 24.9. The van der Waals surface area contributed by atoms with Gasteiger partial charge >= 0.3 is 35.8 Å². The first-order valence-corrected chi connectivity index (χ1v) is 20.1. The Labute approximate surface area is 341 Å². The molecule has 0 spiro atoms. The third kappa shape index (κ3) is 38.3. The van der Waals surface area contributed by atoms with Crippen molar-refractivity contribution in [2.45, 2.75) is 51.4 Å². The zero-order chi connectivity index (χ0) is 39.9. The molecule has 0 aromatic carbocycles. The molecular formula is C33H56O13S6. The summed E-state index contributed by atoms with van der Waals surface area (Å²) in [5.41, 5.74) is -1.25. The molecule has 0 fully saturated rings. The Bertz CT molecular complexity index is 878. The summed E-state index contributed by atoms with van der Waals surface area (Å²) in [6.07, 6.45) is 4.98. The molecule has 0 amide bonds. The van der Waals surface area contributed by atoms with Gasteiger partial charge in [0.05, 0.1) is 52.1 Å². The van der Waals surface area contributed by atoms with Crippen LogP contribution in [0.2, 0.25) is 0 Å². The van der Waals surface area contributed by atoms with Gasteiger partial charge in [0, 0.05) is 47.4 Å². The minimum atomic E-state index is -1.25. The lowest BCUT2D eigenvalue weighted by atomic mass is 9.92. The number of allylic oxidation sites excluding steroid dienone is 2. The van der Waals surface area contributed by atoms with Gasteiger partial charge in [0.25, 0.3) is 0 Å². The van der Waals surface area contributed by atoms with Crippen LogP contribution in [0.25, 0.3) is 0 Å². The summed E-state index contributed by atoms with van der Waals surface area (Å²) in [5, 5.41) is 0. The predicted molar refractivity (Wildman–Crippen MR) is 219 cm³/mol. The van der Waals surface area contributed by atoms with E-state index in [1.54, 1.807) is 12.2 Å². The van der Waals surface area contributed by atoms with Crippen molar-refractivity contribution in [2.75, 3.05) is 87.4 Å². The third-order valence-electron chi connectivity index (χ3n) is 5.60. The second-order valence-electron chi connectivity index (χ2n) is 10.2. The maximum Gasteiger partial charge on any atom is 0.313 e. The van der Waals surface area contributed by atoms with Gasteiger partial charge in [0.2, 0.25) is 0 Å². The number of carbonyl (C=O) groups is 6. The summed E-state index contributed by atoms with van der Waals surface area (Å²) in [7, 11) is 0. The molecule has 0 N–H and O–H groups in total. The van der Waals surface area contributed by atoms with Crippen molar-refractivity contribution in [2.24, 2.45) is 5.41 Å². The molecule has 0 atom stereocenters. The number of carbonyl (C=O) groups excluding carboxylic acids is 6. The highest BCUT2D eigenvalue weighted by molar-refractivity contribution is 7.81. The van der Waals surface area contributed by atoms with Gasteiger partial charge in [-0.25, -0.2) is 0 Å². The zero-order valence-electron chi connectivity index (χ0n) is 29.6. The highest BCUT2D eigenvalue weighted by Gasteiger charge is 2.37. The van der Waals surface area contributed by atoms with Gasteiger partial charge in [0.15, 0.2) is 0 Å². The summed E-state index contributed by atoms with van der Waals surface area (Å²) in [4.78, 5) is 68.9. The number of hydrogen-bond donors (Lipinski definition) is 6. The molecule has 0 heterocycles. The van der Waals surface area contributed by atoms with E-state index in [0.29, 0.717) is 39.3 Å². The SMILES string of the molecule is C=CCCC(=O)OC(=O)CCC=C.O=C(CCS)OCC(COC(=O)CCS)(COC(=O)CCS)COC(=O)CCS.SCCOCCOCCS. The lowest BCUT2D eigenvalue weighted by Gasteiger charge is -2.31. The smallest absolute Gasteiger partial charge is 0.313 e. The van der Waals surface area contributed by atoms with Crippen LogP contribution < -0.4 is 0 Å². The van der Waals surface area contributed by atoms with E-state index in [9.17, 15) is 28.8 Å². The van der Waals surface area contributed by atoms with Gasteiger partial charge in [-0.05, 0) is 12.8 Å². The standard InChI is InChI=1S/C17H28O8S4.C10H14O3.C6H14O2S2/c18-13(1-5-26)22-9-17(10-23-14(19)2-6-27,11-24-15(20)3-7-28)12-25-16(21)4-8-29;1-3-5-7-9(11)13-10(12)8-6-4-2;9-5-3-7-1-2-8-4-6-10/h26-29H,1-12H2;3-4H,1-2,5-8H2;9-10H,1-6H2. The van der Waals surface area contributed by atoms with E-state index in [-0.39, 0.29) is 88.0 Å². The molecule has 0 saturated heterocycles. The van der Waals surface area contributed by atoms with Crippen LogP contribution in [0.4, 0.5) is 0 Å². The second kappa shape index (κ2) is 40.7. The normalized spacial score (nSPS) is 10.3. The largest absolute Gasteiger partial charge is 0.465 e. The molecule has 0 aliphatic heterocycles. The van der Waals surface area contributed by atoms with Crippen LogP contribution in [0.5, 0.6) is 0 Å². The van der Waals surface area contributed by atoms with Crippen LogP contribution in [0.3, 0.4) is 0 Å². The van der Waals surface area contributed by atoms with Gasteiger partial charge < -0.3 is 33.2 Å². The summed E-state index contributed by atoms with van der Waals surface area (Å²) in [6, 6.07) is 0. The van der Waals surface area contributed by atoms with Crippen molar-refractivity contribution < 1.29 is 61.9 Å². The zero-order valence-corrected chi connectivity index (χ0v) is 35.0. The van der Waals surface area contributed by atoms with E-state index in [1.165, 1.54) is 0 Å². The van der Waals surface area contributed by atoms with E-state index in [0.717, 1.165) is 11.5 Å². The van der Waals surface area contributed by atoms with Crippen LogP contribution in [0, 0.1) is 5.41 Å². The molecule has 0 aliphatic rings. The van der Waals surface area contributed by atoms with Crippen LogP contribution in [0.15, 0.2) is 25.3 Å². The second-order valence-corrected chi connectivity index (χ2v) is 12.9. The molecule has 0 aromatic heterocycles. The van der Waals surface area contributed by atoms with Crippen molar-refractivity contribution in [1.29, 1.82) is 0 Å². The number of thiol groups is 6. The summed E-state index contributed by atoms with van der Waals surface area (Å²) >= 11 is 23.8. The van der Waals surface area contributed by atoms with Gasteiger partial charge in [-0.1, -0.05) is 12.2 Å². The number of esters is 6. The fraction of sp³-hybridized carbons (Fsp3) is 0.697. The Morgan fingerprint density at radius 1 is 0.423 bits per heavy atom. The Morgan fingerprint density at radius 2 is 0.712 bits per heavy atom. The van der Waals surface area contributed by atoms with E-state index in [2.05, 4.69) is 93.7 Å². The fourth-order valence-electron chi connectivity index (χ4n) is 2.96. The first kappa shape index (κ1) is 54.9. The molecule has 0 aromatic rings. The predicted octanol–water partition coefficient (Wildman–Crippen LogP) is 4.29. The Balaban J connectivity index is -0.000000852. The van der Waals surface area contributed by atoms with Gasteiger partial charge in [-0.15, -0.1) is 13.2 Å². The van der Waals surface area contributed by atoms with Crippen molar-refractivity contribution in [1.82, 2.24) is 0 Å². The van der Waals surface area contributed by atoms with Crippen LogP contribution in [-0.2, 0) is 61.9 Å². The molecular weight excluding hydrogens is 797 g/mol. The Morgan fingerprint density at radius 3 is 0.942 bits per heavy atom. The molecule has 19 heteroatoms. The molecule has 0 unspecified atom stereocenters. The third-order valence-corrected chi connectivity index (χ3v) is 6.86. The molecule has 0 aliphatic carbocycles. The maximum absolute atomic E-state index is 11.8. The molecule has 13 nitrogen and oxygen atoms in total. The monoisotopic (exact) mass is 852 g/mol. The van der Waals surface area contributed by atoms with Crippen molar-refractivity contribution in [3.8, 4) is 0 Å². The Hall–Kier alpha value is -1.48. The summed E-state index contributed by atoms with van der Waals surface area (Å²) < 4.78 is 35.6. The maximum atomic E-state index is 11.8. The molecule has 52 heavy (non-hydrogen) atoms. The number of ether oxygens (including phenoxy) is 7. The summed E-state index contributed by atoms with van der Waals surface area (Å²) in [6.45, 7) is 8.51. The minimum Gasteiger partial charge on any atom is -0.465 e. The average molecular weight is 853 g/mol. The highest BCUT2D eigenvalue weighted by atomic mass is 32.1. The lowest BCUT2D eigenvalue weighted by Crippen LogP contribution is -2.44. The van der Waals surface area contributed by atoms with E-state index >= 15 is 0 Å². The molecule has 0 saturated carbocycles. The number of hydrogen-bond acceptors (Lipinski definition) is 19. The van der Waals surface area contributed by atoms with Gasteiger partial charge in [0.1, 0.15) is 31.8 Å². The van der Waals surface area contributed by atoms with Crippen molar-refractivity contribution in [3.63, 3.8) is 0 Å². The molecule has 302 valence electrons. The van der Waals surface area contributed by atoms with E-state index in [4.69, 9.17) is 28.4 Å². The quantitative estimate of drug-likeness (QED) is 0.0158. The van der Waals surface area contributed by atoms with Crippen molar-refractivity contribution in [3.05, 3.63) is 25.3 Å². The lowest BCUT2D eigenvalue weighted by molar-refractivity contribution is -0.170. The average Bonchev–Trinajstić information content (AvgIpc) is 3.12. The molecule has 0 bridgehead atoms. The topological polar surface area (TPSA) is 167 Å². The summed E-state index contributed by atoms with van der Waals surface area (Å²) in [5.74, 6) is -0.421.